The van der Waals surface area contributed by atoms with Crippen molar-refractivity contribution in [2.75, 3.05) is 6.61 Å². The molecule has 0 spiro atoms. The first kappa shape index (κ1) is 9.26. The number of esters is 1. The topological polar surface area (TPSA) is 46.5 Å². The molecule has 1 N–H and O–H groups in total. The van der Waals surface area contributed by atoms with Crippen molar-refractivity contribution < 1.29 is 14.6 Å². The third-order valence-electron chi connectivity index (χ3n) is 2.02. The molecule has 1 aliphatic rings. The number of hydrogen-bond donors (Lipinski definition) is 1. The maximum atomic E-state index is 11.2. The Morgan fingerprint density at radius 2 is 2.33 bits per heavy atom. The Balaban J connectivity index is 2.62. The molecule has 1 unspecified atom stereocenters. The lowest BCUT2D eigenvalue weighted by molar-refractivity contribution is -0.138. The van der Waals surface area contributed by atoms with Gasteiger partial charge in [0.05, 0.1) is 12.7 Å². The first-order chi connectivity index (χ1) is 5.65. The second-order valence-electron chi connectivity index (χ2n) is 3.04. The van der Waals surface area contributed by atoms with E-state index in [9.17, 15) is 9.90 Å². The van der Waals surface area contributed by atoms with E-state index in [4.69, 9.17) is 4.74 Å². The van der Waals surface area contributed by atoms with E-state index < -0.39 is 0 Å². The van der Waals surface area contributed by atoms with Crippen LogP contribution in [0.1, 0.15) is 26.7 Å². The first-order valence-electron chi connectivity index (χ1n) is 4.19. The highest BCUT2D eigenvalue weighted by Gasteiger charge is 2.25. The summed E-state index contributed by atoms with van der Waals surface area (Å²) in [5.74, 6) is -0.272. The van der Waals surface area contributed by atoms with Gasteiger partial charge in [-0.15, -0.1) is 0 Å². The lowest BCUT2D eigenvalue weighted by Gasteiger charge is -2.02. The number of rotatable bonds is 2. The van der Waals surface area contributed by atoms with Crippen LogP contribution in [0.2, 0.25) is 0 Å². The molecule has 0 fully saturated rings. The maximum Gasteiger partial charge on any atom is 0.334 e. The molecule has 3 heteroatoms. The highest BCUT2D eigenvalue weighted by molar-refractivity contribution is 5.90. The van der Waals surface area contributed by atoms with Crippen LogP contribution in [-0.4, -0.2) is 23.8 Å². The minimum atomic E-state index is -0.385. The van der Waals surface area contributed by atoms with Crippen LogP contribution >= 0.6 is 0 Å². The Hall–Kier alpha value is -0.830. The molecular formula is C9H14O3. The lowest BCUT2D eigenvalue weighted by atomic mass is 10.2. The standard InChI is InChI=1S/C9H14O3/c1-3-12-9(11)8-5-7(10)4-6(8)2/h7,10H,3-5H2,1-2H3. The Kier molecular flexibility index (Phi) is 2.87. The second-order valence-corrected chi connectivity index (χ2v) is 3.04. The molecule has 0 aromatic carbocycles. The average molecular weight is 170 g/mol. The minimum Gasteiger partial charge on any atom is -0.463 e. The number of ether oxygens (including phenoxy) is 1. The van der Waals surface area contributed by atoms with Crippen molar-refractivity contribution in [2.45, 2.75) is 32.8 Å². The molecule has 0 aliphatic heterocycles. The van der Waals surface area contributed by atoms with Gasteiger partial charge in [-0.3, -0.25) is 0 Å². The molecule has 0 saturated heterocycles. The Morgan fingerprint density at radius 3 is 2.75 bits per heavy atom. The van der Waals surface area contributed by atoms with Crippen molar-refractivity contribution in [3.05, 3.63) is 11.1 Å². The molecule has 1 aliphatic carbocycles. The molecule has 0 radical (unpaired) electrons. The largest absolute Gasteiger partial charge is 0.463 e. The van der Waals surface area contributed by atoms with Crippen LogP contribution in [0.15, 0.2) is 11.1 Å². The zero-order valence-corrected chi connectivity index (χ0v) is 7.46. The summed E-state index contributed by atoms with van der Waals surface area (Å²) in [5.41, 5.74) is 1.62. The van der Waals surface area contributed by atoms with Gasteiger partial charge in [-0.2, -0.15) is 0 Å². The summed E-state index contributed by atoms with van der Waals surface area (Å²) in [6.45, 7) is 4.04. The normalized spacial score (nSPS) is 23.1. The van der Waals surface area contributed by atoms with Crippen molar-refractivity contribution in [2.24, 2.45) is 0 Å². The molecule has 68 valence electrons. The summed E-state index contributed by atoms with van der Waals surface area (Å²) in [5, 5.41) is 9.24. The first-order valence-corrected chi connectivity index (χ1v) is 4.19. The monoisotopic (exact) mass is 170 g/mol. The molecule has 0 aromatic rings. The summed E-state index contributed by atoms with van der Waals surface area (Å²) in [4.78, 5) is 11.2. The predicted octanol–water partition coefficient (Wildman–Crippen LogP) is 1.02. The van der Waals surface area contributed by atoms with Crippen LogP contribution in [0.3, 0.4) is 0 Å². The van der Waals surface area contributed by atoms with Crippen molar-refractivity contribution >= 4 is 5.97 Å². The predicted molar refractivity (Wildman–Crippen MR) is 44.6 cm³/mol. The number of aliphatic hydroxyl groups is 1. The van der Waals surface area contributed by atoms with Gasteiger partial charge in [0.1, 0.15) is 0 Å². The highest BCUT2D eigenvalue weighted by atomic mass is 16.5. The van der Waals surface area contributed by atoms with E-state index in [0.717, 1.165) is 5.57 Å². The van der Waals surface area contributed by atoms with E-state index >= 15 is 0 Å². The van der Waals surface area contributed by atoms with E-state index in [0.29, 0.717) is 25.0 Å². The molecule has 1 rings (SSSR count). The van der Waals surface area contributed by atoms with Crippen LogP contribution in [-0.2, 0) is 9.53 Å². The lowest BCUT2D eigenvalue weighted by Crippen LogP contribution is -2.09. The number of carbonyl (C=O) groups is 1. The number of aliphatic hydroxyl groups excluding tert-OH is 1. The molecule has 1 atom stereocenters. The van der Waals surface area contributed by atoms with Gasteiger partial charge in [-0.05, 0) is 20.3 Å². The van der Waals surface area contributed by atoms with Gasteiger partial charge in [0.25, 0.3) is 0 Å². The fraction of sp³-hybridized carbons (Fsp3) is 0.667. The number of carbonyl (C=O) groups excluding carboxylic acids is 1. The SMILES string of the molecule is CCOC(=O)C1=C(C)CC(O)C1. The van der Waals surface area contributed by atoms with E-state index in [2.05, 4.69) is 0 Å². The van der Waals surface area contributed by atoms with E-state index in [1.54, 1.807) is 6.92 Å². The molecule has 3 nitrogen and oxygen atoms in total. The van der Waals surface area contributed by atoms with Gasteiger partial charge in [0.15, 0.2) is 0 Å². The van der Waals surface area contributed by atoms with E-state index in [1.165, 1.54) is 0 Å². The fourth-order valence-corrected chi connectivity index (χ4v) is 1.43. The Labute approximate surface area is 72.0 Å². The minimum absolute atomic E-state index is 0.272. The fourth-order valence-electron chi connectivity index (χ4n) is 1.43. The Bertz CT molecular complexity index is 218. The third-order valence-corrected chi connectivity index (χ3v) is 2.02. The summed E-state index contributed by atoms with van der Waals surface area (Å²) < 4.78 is 4.84. The molecule has 0 aromatic heterocycles. The van der Waals surface area contributed by atoms with Gasteiger partial charge in [-0.25, -0.2) is 4.79 Å². The van der Waals surface area contributed by atoms with E-state index in [-0.39, 0.29) is 12.1 Å². The van der Waals surface area contributed by atoms with Crippen molar-refractivity contribution in [1.82, 2.24) is 0 Å². The van der Waals surface area contributed by atoms with Gasteiger partial charge in [0, 0.05) is 12.0 Å². The maximum absolute atomic E-state index is 11.2. The molecular weight excluding hydrogens is 156 g/mol. The van der Waals surface area contributed by atoms with Crippen LogP contribution in [0, 0.1) is 0 Å². The van der Waals surface area contributed by atoms with Crippen molar-refractivity contribution in [1.29, 1.82) is 0 Å². The van der Waals surface area contributed by atoms with Gasteiger partial charge >= 0.3 is 5.97 Å². The van der Waals surface area contributed by atoms with Crippen LogP contribution < -0.4 is 0 Å². The van der Waals surface area contributed by atoms with Crippen LogP contribution in [0.5, 0.6) is 0 Å². The molecule has 0 heterocycles. The van der Waals surface area contributed by atoms with Gasteiger partial charge in [0.2, 0.25) is 0 Å². The second kappa shape index (κ2) is 3.72. The summed E-state index contributed by atoms with van der Waals surface area (Å²) in [6.07, 6.45) is 0.670. The number of hydrogen-bond acceptors (Lipinski definition) is 3. The van der Waals surface area contributed by atoms with Crippen LogP contribution in [0.25, 0.3) is 0 Å². The molecule has 12 heavy (non-hydrogen) atoms. The smallest absolute Gasteiger partial charge is 0.334 e. The zero-order chi connectivity index (χ0) is 9.14. The molecule has 0 bridgehead atoms. The van der Waals surface area contributed by atoms with Gasteiger partial charge in [-0.1, -0.05) is 5.57 Å². The van der Waals surface area contributed by atoms with Gasteiger partial charge < -0.3 is 9.84 Å². The Morgan fingerprint density at radius 1 is 1.67 bits per heavy atom. The highest BCUT2D eigenvalue weighted by Crippen LogP contribution is 2.26. The molecule has 0 amide bonds. The molecule has 0 saturated carbocycles. The summed E-state index contributed by atoms with van der Waals surface area (Å²) >= 11 is 0. The average Bonchev–Trinajstić information content (AvgIpc) is 2.30. The summed E-state index contributed by atoms with van der Waals surface area (Å²) in [7, 11) is 0. The van der Waals surface area contributed by atoms with Crippen LogP contribution in [0.4, 0.5) is 0 Å². The van der Waals surface area contributed by atoms with Crippen molar-refractivity contribution in [3.8, 4) is 0 Å². The summed E-state index contributed by atoms with van der Waals surface area (Å²) in [6, 6.07) is 0. The third kappa shape index (κ3) is 1.85. The van der Waals surface area contributed by atoms with Crippen molar-refractivity contribution in [3.63, 3.8) is 0 Å². The van der Waals surface area contributed by atoms with E-state index in [1.807, 2.05) is 6.92 Å². The quantitative estimate of drug-likeness (QED) is 0.629. The zero-order valence-electron chi connectivity index (χ0n) is 7.46.